The van der Waals surface area contributed by atoms with Crippen LogP contribution in [-0.2, 0) is 17.9 Å². The Morgan fingerprint density at radius 2 is 2.04 bits per heavy atom. The summed E-state index contributed by atoms with van der Waals surface area (Å²) in [6.07, 6.45) is 3.86. The van der Waals surface area contributed by atoms with Crippen LogP contribution in [0.3, 0.4) is 0 Å². The van der Waals surface area contributed by atoms with Crippen molar-refractivity contribution in [2.24, 2.45) is 0 Å². The molecule has 0 saturated carbocycles. The fourth-order valence-corrected chi connectivity index (χ4v) is 2.99. The second-order valence-electron chi connectivity index (χ2n) is 6.65. The minimum Gasteiger partial charge on any atom is -0.467 e. The van der Waals surface area contributed by atoms with Crippen LogP contribution < -0.4 is 5.56 Å². The number of fused-ring (bicyclic) bond motifs is 1. The molecule has 26 heavy (non-hydrogen) atoms. The van der Waals surface area contributed by atoms with Crippen LogP contribution in [0.25, 0.3) is 10.9 Å². The molecule has 1 amide bonds. The van der Waals surface area contributed by atoms with Crippen molar-refractivity contribution in [1.82, 2.24) is 9.88 Å². The third kappa shape index (κ3) is 4.23. The van der Waals surface area contributed by atoms with Gasteiger partial charge in [0.1, 0.15) is 5.76 Å². The summed E-state index contributed by atoms with van der Waals surface area (Å²) in [4.78, 5) is 29.7. The summed E-state index contributed by atoms with van der Waals surface area (Å²) < 4.78 is 5.39. The minimum absolute atomic E-state index is 0.0339. The van der Waals surface area contributed by atoms with Crippen molar-refractivity contribution in [2.75, 3.05) is 0 Å². The third-order valence-corrected chi connectivity index (χ3v) is 4.46. The van der Waals surface area contributed by atoms with Crippen LogP contribution in [0.15, 0.2) is 51.9 Å². The molecule has 5 heteroatoms. The molecular formula is C21H24N2O3. The molecule has 0 saturated heterocycles. The van der Waals surface area contributed by atoms with E-state index in [9.17, 15) is 9.59 Å². The monoisotopic (exact) mass is 352 g/mol. The first-order valence-corrected chi connectivity index (χ1v) is 8.99. The summed E-state index contributed by atoms with van der Waals surface area (Å²) in [5.41, 5.74) is 2.33. The average Bonchev–Trinajstić information content (AvgIpc) is 3.13. The molecule has 2 heterocycles. The van der Waals surface area contributed by atoms with Crippen LogP contribution >= 0.6 is 0 Å². The Labute approximate surface area is 152 Å². The van der Waals surface area contributed by atoms with Gasteiger partial charge in [-0.3, -0.25) is 9.59 Å². The first-order valence-electron chi connectivity index (χ1n) is 8.99. The van der Waals surface area contributed by atoms with E-state index >= 15 is 0 Å². The fraction of sp³-hybridized carbons (Fsp3) is 0.333. The van der Waals surface area contributed by atoms with Crippen LogP contribution in [0, 0.1) is 6.92 Å². The number of nitrogens with one attached hydrogen (secondary N) is 1. The normalized spacial score (nSPS) is 11.0. The molecule has 5 nitrogen and oxygen atoms in total. The van der Waals surface area contributed by atoms with Crippen molar-refractivity contribution in [3.8, 4) is 0 Å². The summed E-state index contributed by atoms with van der Waals surface area (Å²) >= 11 is 0. The highest BCUT2D eigenvalue weighted by Gasteiger charge is 2.17. The molecule has 0 radical (unpaired) electrons. The van der Waals surface area contributed by atoms with Crippen LogP contribution in [-0.4, -0.2) is 15.8 Å². The number of furan rings is 1. The second kappa shape index (κ2) is 8.04. The lowest BCUT2D eigenvalue weighted by Crippen LogP contribution is -2.32. The Balaban J connectivity index is 1.88. The van der Waals surface area contributed by atoms with E-state index in [1.807, 2.05) is 37.3 Å². The van der Waals surface area contributed by atoms with Crippen molar-refractivity contribution in [3.05, 3.63) is 69.9 Å². The first-order chi connectivity index (χ1) is 12.6. The average molecular weight is 352 g/mol. The standard InChI is InChI=1S/C21H24N2O3/c1-3-4-7-20(24)23(14-18-6-5-10-26-18)13-17-12-16-9-8-15(2)11-19(16)22-21(17)25/h5-6,8-12H,3-4,7,13-14H2,1-2H3,(H,22,25). The number of hydrogen-bond acceptors (Lipinski definition) is 3. The molecule has 0 fully saturated rings. The van der Waals surface area contributed by atoms with Crippen LogP contribution in [0.1, 0.15) is 43.1 Å². The van der Waals surface area contributed by atoms with Gasteiger partial charge in [-0.2, -0.15) is 0 Å². The van der Waals surface area contributed by atoms with E-state index < -0.39 is 0 Å². The Morgan fingerprint density at radius 1 is 1.19 bits per heavy atom. The number of H-pyrrole nitrogens is 1. The van der Waals surface area contributed by atoms with Gasteiger partial charge >= 0.3 is 0 Å². The number of benzene rings is 1. The molecule has 1 aromatic carbocycles. The lowest BCUT2D eigenvalue weighted by Gasteiger charge is -2.21. The number of hydrogen-bond donors (Lipinski definition) is 1. The van der Waals surface area contributed by atoms with E-state index in [2.05, 4.69) is 11.9 Å². The number of rotatable bonds is 7. The van der Waals surface area contributed by atoms with Crippen molar-refractivity contribution in [3.63, 3.8) is 0 Å². The van der Waals surface area contributed by atoms with Crippen LogP contribution in [0.4, 0.5) is 0 Å². The van der Waals surface area contributed by atoms with Crippen molar-refractivity contribution in [1.29, 1.82) is 0 Å². The number of aryl methyl sites for hydroxylation is 1. The molecular weight excluding hydrogens is 328 g/mol. The molecule has 3 rings (SSSR count). The molecule has 0 aliphatic carbocycles. The minimum atomic E-state index is -0.157. The lowest BCUT2D eigenvalue weighted by molar-refractivity contribution is -0.132. The Bertz CT molecular complexity index is 942. The Hall–Kier alpha value is -2.82. The molecule has 1 N–H and O–H groups in total. The van der Waals surface area contributed by atoms with E-state index in [4.69, 9.17) is 4.42 Å². The highest BCUT2D eigenvalue weighted by atomic mass is 16.3. The molecule has 2 aromatic heterocycles. The van der Waals surface area contributed by atoms with Gasteiger partial charge in [-0.1, -0.05) is 25.5 Å². The SMILES string of the molecule is CCCCC(=O)N(Cc1ccco1)Cc1cc2ccc(C)cc2[nH]c1=O. The molecule has 0 spiro atoms. The molecule has 0 aliphatic heterocycles. The first kappa shape index (κ1) is 18.0. The van der Waals surface area contributed by atoms with Crippen LogP contribution in [0.5, 0.6) is 0 Å². The Morgan fingerprint density at radius 3 is 2.77 bits per heavy atom. The molecule has 136 valence electrons. The maximum absolute atomic E-state index is 12.6. The number of aromatic nitrogens is 1. The van der Waals surface area contributed by atoms with Gasteiger partial charge in [0.15, 0.2) is 0 Å². The maximum Gasteiger partial charge on any atom is 0.253 e. The second-order valence-corrected chi connectivity index (χ2v) is 6.65. The van der Waals surface area contributed by atoms with Gasteiger partial charge in [0, 0.05) is 17.5 Å². The van der Waals surface area contributed by atoms with E-state index in [0.717, 1.165) is 29.3 Å². The van der Waals surface area contributed by atoms with Crippen molar-refractivity contribution in [2.45, 2.75) is 46.2 Å². The van der Waals surface area contributed by atoms with E-state index in [0.29, 0.717) is 24.3 Å². The fourth-order valence-electron chi connectivity index (χ4n) is 2.99. The van der Waals surface area contributed by atoms with Gasteiger partial charge in [-0.15, -0.1) is 0 Å². The topological polar surface area (TPSA) is 66.3 Å². The molecule has 0 atom stereocenters. The summed E-state index contributed by atoms with van der Waals surface area (Å²) in [6.45, 7) is 4.67. The van der Waals surface area contributed by atoms with E-state index in [1.165, 1.54) is 0 Å². The number of aromatic amines is 1. The van der Waals surface area contributed by atoms with Gasteiger partial charge in [0.2, 0.25) is 5.91 Å². The van der Waals surface area contributed by atoms with E-state index in [-0.39, 0.29) is 18.0 Å². The summed E-state index contributed by atoms with van der Waals surface area (Å²) in [6, 6.07) is 11.5. The summed E-state index contributed by atoms with van der Waals surface area (Å²) in [7, 11) is 0. The zero-order valence-corrected chi connectivity index (χ0v) is 15.2. The van der Waals surface area contributed by atoms with Crippen molar-refractivity contribution >= 4 is 16.8 Å². The largest absolute Gasteiger partial charge is 0.467 e. The zero-order valence-electron chi connectivity index (χ0n) is 15.2. The predicted octanol–water partition coefficient (Wildman–Crippen LogP) is 4.15. The van der Waals surface area contributed by atoms with Crippen molar-refractivity contribution < 1.29 is 9.21 Å². The molecule has 0 bridgehead atoms. The van der Waals surface area contributed by atoms with Crippen LogP contribution in [0.2, 0.25) is 0 Å². The van der Waals surface area contributed by atoms with Gasteiger partial charge in [0.05, 0.1) is 19.4 Å². The lowest BCUT2D eigenvalue weighted by atomic mass is 10.1. The summed E-state index contributed by atoms with van der Waals surface area (Å²) in [5.74, 6) is 0.745. The van der Waals surface area contributed by atoms with Gasteiger partial charge in [-0.25, -0.2) is 0 Å². The van der Waals surface area contributed by atoms with E-state index in [1.54, 1.807) is 17.2 Å². The molecule has 0 aliphatic rings. The van der Waals surface area contributed by atoms with Gasteiger partial charge < -0.3 is 14.3 Å². The van der Waals surface area contributed by atoms with Gasteiger partial charge in [-0.05, 0) is 48.6 Å². The predicted molar refractivity (Wildman–Crippen MR) is 102 cm³/mol. The quantitative estimate of drug-likeness (QED) is 0.695. The van der Waals surface area contributed by atoms with Gasteiger partial charge in [0.25, 0.3) is 5.56 Å². The third-order valence-electron chi connectivity index (χ3n) is 4.46. The zero-order chi connectivity index (χ0) is 18.5. The number of carbonyl (C=O) groups excluding carboxylic acids is 1. The highest BCUT2D eigenvalue weighted by Crippen LogP contribution is 2.16. The highest BCUT2D eigenvalue weighted by molar-refractivity contribution is 5.80. The summed E-state index contributed by atoms with van der Waals surface area (Å²) in [5, 5.41) is 0.962. The number of pyridine rings is 1. The Kier molecular flexibility index (Phi) is 5.56. The maximum atomic E-state index is 12.6. The number of unbranched alkanes of at least 4 members (excludes halogenated alkanes) is 1. The number of nitrogens with zero attached hydrogens (tertiary/aromatic N) is 1. The molecule has 3 aromatic rings. The molecule has 0 unspecified atom stereocenters. The number of carbonyl (C=O) groups is 1. The smallest absolute Gasteiger partial charge is 0.253 e. The number of amides is 1.